The van der Waals surface area contributed by atoms with Gasteiger partial charge in [-0.1, -0.05) is 18.2 Å². The highest BCUT2D eigenvalue weighted by atomic mass is 16.6. The lowest BCUT2D eigenvalue weighted by Gasteiger charge is -2.33. The monoisotopic (exact) mass is 328 g/mol. The highest BCUT2D eigenvalue weighted by Crippen LogP contribution is 2.16. The maximum atomic E-state index is 11.7. The zero-order valence-electron chi connectivity index (χ0n) is 13.6. The molecule has 1 amide bonds. The molecule has 2 heterocycles. The lowest BCUT2D eigenvalue weighted by Crippen LogP contribution is -2.49. The second-order valence-corrected chi connectivity index (χ2v) is 5.31. The van der Waals surface area contributed by atoms with Gasteiger partial charge in [-0.15, -0.1) is 5.10 Å². The molecule has 1 fully saturated rings. The Morgan fingerprint density at radius 2 is 1.96 bits per heavy atom. The van der Waals surface area contributed by atoms with Crippen molar-refractivity contribution in [2.24, 2.45) is 0 Å². The Bertz CT molecular complexity index is 673. The van der Waals surface area contributed by atoms with Crippen LogP contribution < -0.4 is 10.2 Å². The molecule has 0 saturated carbocycles. The number of rotatable bonds is 4. The molecule has 1 aliphatic heterocycles. The van der Waals surface area contributed by atoms with E-state index in [2.05, 4.69) is 20.5 Å². The minimum atomic E-state index is -0.268. The fourth-order valence-corrected chi connectivity index (χ4v) is 2.46. The number of nitrogens with zero attached hydrogens (tertiary/aromatic N) is 5. The molecule has 1 aromatic heterocycles. The van der Waals surface area contributed by atoms with E-state index in [-0.39, 0.29) is 6.09 Å². The van der Waals surface area contributed by atoms with Crippen molar-refractivity contribution in [1.29, 1.82) is 0 Å². The number of carbonyl (C=O) groups excluding carboxylic acids is 1. The van der Waals surface area contributed by atoms with Gasteiger partial charge in [-0.3, -0.25) is 0 Å². The molecular formula is C16H20N6O2. The number of hydrogen-bond acceptors (Lipinski definition) is 7. The summed E-state index contributed by atoms with van der Waals surface area (Å²) in [7, 11) is 0. The van der Waals surface area contributed by atoms with Gasteiger partial charge in [0.15, 0.2) is 5.82 Å². The van der Waals surface area contributed by atoms with Crippen LogP contribution in [0.25, 0.3) is 0 Å². The zero-order valence-corrected chi connectivity index (χ0v) is 13.6. The van der Waals surface area contributed by atoms with Crippen molar-refractivity contribution in [3.63, 3.8) is 0 Å². The van der Waals surface area contributed by atoms with Crippen molar-refractivity contribution in [2.75, 3.05) is 43.0 Å². The van der Waals surface area contributed by atoms with E-state index in [4.69, 9.17) is 4.74 Å². The smallest absolute Gasteiger partial charge is 0.409 e. The van der Waals surface area contributed by atoms with Crippen LogP contribution in [0.3, 0.4) is 0 Å². The van der Waals surface area contributed by atoms with Crippen LogP contribution in [0, 0.1) is 0 Å². The predicted molar refractivity (Wildman–Crippen MR) is 90.4 cm³/mol. The molecule has 3 rings (SSSR count). The highest BCUT2D eigenvalue weighted by molar-refractivity contribution is 5.68. The summed E-state index contributed by atoms with van der Waals surface area (Å²) in [5.74, 6) is 1.19. The van der Waals surface area contributed by atoms with Crippen LogP contribution in [0.15, 0.2) is 36.5 Å². The number of aromatic nitrogens is 3. The topological polar surface area (TPSA) is 83.5 Å². The third-order valence-corrected chi connectivity index (χ3v) is 3.68. The van der Waals surface area contributed by atoms with Gasteiger partial charge in [-0.25, -0.2) is 4.79 Å². The Morgan fingerprint density at radius 3 is 2.67 bits per heavy atom. The summed E-state index contributed by atoms with van der Waals surface area (Å²) >= 11 is 0. The summed E-state index contributed by atoms with van der Waals surface area (Å²) in [6.07, 6.45) is 1.32. The van der Waals surface area contributed by atoms with Crippen molar-refractivity contribution in [3.8, 4) is 0 Å². The molecule has 24 heavy (non-hydrogen) atoms. The van der Waals surface area contributed by atoms with Crippen molar-refractivity contribution in [2.45, 2.75) is 6.92 Å². The van der Waals surface area contributed by atoms with E-state index in [1.165, 1.54) is 0 Å². The van der Waals surface area contributed by atoms with E-state index < -0.39 is 0 Å². The van der Waals surface area contributed by atoms with E-state index in [0.717, 1.165) is 5.69 Å². The van der Waals surface area contributed by atoms with Gasteiger partial charge in [0, 0.05) is 31.9 Å². The molecule has 0 unspecified atom stereocenters. The molecule has 1 aliphatic rings. The fraction of sp³-hybridized carbons (Fsp3) is 0.375. The number of piperazine rings is 1. The first kappa shape index (κ1) is 16.0. The lowest BCUT2D eigenvalue weighted by molar-refractivity contribution is 0.105. The summed E-state index contributed by atoms with van der Waals surface area (Å²) in [5, 5.41) is 11.3. The maximum absolute atomic E-state index is 11.7. The average Bonchev–Trinajstić information content (AvgIpc) is 2.63. The van der Waals surface area contributed by atoms with Gasteiger partial charge in [0.05, 0.1) is 12.8 Å². The Hall–Kier alpha value is -2.90. The molecule has 0 bridgehead atoms. The first-order valence-corrected chi connectivity index (χ1v) is 7.94. The Morgan fingerprint density at radius 1 is 1.21 bits per heavy atom. The molecule has 1 aromatic carbocycles. The van der Waals surface area contributed by atoms with E-state index in [1.54, 1.807) is 18.0 Å². The summed E-state index contributed by atoms with van der Waals surface area (Å²) in [4.78, 5) is 19.9. The molecule has 0 atom stereocenters. The van der Waals surface area contributed by atoms with Crippen molar-refractivity contribution >= 4 is 23.5 Å². The predicted octanol–water partition coefficient (Wildman–Crippen LogP) is 1.89. The standard InChI is InChI=1S/C16H20N6O2/c1-2-24-16(23)22-10-8-21(9-11-22)15-19-14(12-17-20-15)18-13-6-4-3-5-7-13/h3-7,12H,2,8-11H2,1H3,(H,18,19,20). The van der Waals surface area contributed by atoms with Crippen LogP contribution in [-0.4, -0.2) is 59.0 Å². The molecule has 0 spiro atoms. The number of hydrogen-bond donors (Lipinski definition) is 1. The van der Waals surface area contributed by atoms with E-state index in [1.807, 2.05) is 35.2 Å². The highest BCUT2D eigenvalue weighted by Gasteiger charge is 2.23. The molecule has 0 aliphatic carbocycles. The second kappa shape index (κ2) is 7.58. The van der Waals surface area contributed by atoms with Crippen LogP contribution in [0.2, 0.25) is 0 Å². The number of ether oxygens (including phenoxy) is 1. The van der Waals surface area contributed by atoms with Gasteiger partial charge in [0.1, 0.15) is 0 Å². The minimum absolute atomic E-state index is 0.268. The van der Waals surface area contributed by atoms with Gasteiger partial charge in [0.2, 0.25) is 5.95 Å². The minimum Gasteiger partial charge on any atom is -0.450 e. The fourth-order valence-electron chi connectivity index (χ4n) is 2.46. The van der Waals surface area contributed by atoms with Gasteiger partial charge < -0.3 is 19.9 Å². The summed E-state index contributed by atoms with van der Waals surface area (Å²) in [5.41, 5.74) is 0.941. The molecular weight excluding hydrogens is 308 g/mol. The molecule has 8 heteroatoms. The van der Waals surface area contributed by atoms with Crippen LogP contribution >= 0.6 is 0 Å². The quantitative estimate of drug-likeness (QED) is 0.917. The third-order valence-electron chi connectivity index (χ3n) is 3.68. The number of benzene rings is 1. The van der Waals surface area contributed by atoms with Crippen molar-refractivity contribution in [3.05, 3.63) is 36.5 Å². The number of carbonyl (C=O) groups is 1. The Labute approximate surface area is 140 Å². The van der Waals surface area contributed by atoms with Crippen LogP contribution in [0.1, 0.15) is 6.92 Å². The summed E-state index contributed by atoms with van der Waals surface area (Å²) in [6, 6.07) is 9.77. The SMILES string of the molecule is CCOC(=O)N1CCN(c2nncc(Nc3ccccc3)n2)CC1. The van der Waals surface area contributed by atoms with E-state index >= 15 is 0 Å². The third kappa shape index (κ3) is 3.89. The number of anilines is 3. The van der Waals surface area contributed by atoms with E-state index in [9.17, 15) is 4.79 Å². The number of para-hydroxylation sites is 1. The number of nitrogens with one attached hydrogen (secondary N) is 1. The first-order valence-electron chi connectivity index (χ1n) is 7.94. The largest absolute Gasteiger partial charge is 0.450 e. The van der Waals surface area contributed by atoms with Gasteiger partial charge >= 0.3 is 6.09 Å². The van der Waals surface area contributed by atoms with Gasteiger partial charge in [-0.2, -0.15) is 10.1 Å². The summed E-state index contributed by atoms with van der Waals surface area (Å²) in [6.45, 7) is 4.65. The van der Waals surface area contributed by atoms with Gasteiger partial charge in [-0.05, 0) is 19.1 Å². The maximum Gasteiger partial charge on any atom is 0.409 e. The second-order valence-electron chi connectivity index (χ2n) is 5.31. The Kier molecular flexibility index (Phi) is 5.05. The molecule has 0 radical (unpaired) electrons. The zero-order chi connectivity index (χ0) is 16.8. The van der Waals surface area contributed by atoms with Crippen LogP contribution in [0.5, 0.6) is 0 Å². The molecule has 126 valence electrons. The summed E-state index contributed by atoms with van der Waals surface area (Å²) < 4.78 is 5.02. The molecule has 8 nitrogen and oxygen atoms in total. The van der Waals surface area contributed by atoms with Crippen molar-refractivity contribution < 1.29 is 9.53 Å². The molecule has 1 N–H and O–H groups in total. The van der Waals surface area contributed by atoms with Gasteiger partial charge in [0.25, 0.3) is 0 Å². The molecule has 2 aromatic rings. The lowest BCUT2D eigenvalue weighted by atomic mass is 10.3. The molecule has 1 saturated heterocycles. The van der Waals surface area contributed by atoms with Crippen LogP contribution in [0.4, 0.5) is 22.2 Å². The van der Waals surface area contributed by atoms with Crippen molar-refractivity contribution in [1.82, 2.24) is 20.1 Å². The van der Waals surface area contributed by atoms with Crippen LogP contribution in [-0.2, 0) is 4.74 Å². The average molecular weight is 328 g/mol. The van der Waals surface area contributed by atoms with E-state index in [0.29, 0.717) is 44.6 Å². The number of amides is 1. The Balaban J connectivity index is 1.62. The first-order chi connectivity index (χ1) is 11.8. The normalized spacial score (nSPS) is 14.4.